The van der Waals surface area contributed by atoms with Crippen LogP contribution < -0.4 is 0 Å². The van der Waals surface area contributed by atoms with Gasteiger partial charge in [-0.3, -0.25) is 0 Å². The second kappa shape index (κ2) is 6.98. The predicted octanol–water partition coefficient (Wildman–Crippen LogP) is 2.23. The molecule has 0 amide bonds. The maximum absolute atomic E-state index is 9.52. The fraction of sp³-hybridized carbons (Fsp3) is 1.00. The lowest BCUT2D eigenvalue weighted by Crippen LogP contribution is -2.30. The fourth-order valence-corrected chi connectivity index (χ4v) is 2.81. The Kier molecular flexibility index (Phi) is 6.27. The highest BCUT2D eigenvalue weighted by Gasteiger charge is 2.30. The summed E-state index contributed by atoms with van der Waals surface area (Å²) in [7, 11) is 2.53. The van der Waals surface area contributed by atoms with Crippen molar-refractivity contribution >= 4 is 8.38 Å². The van der Waals surface area contributed by atoms with Crippen molar-refractivity contribution in [2.24, 2.45) is 0 Å². The first-order valence-corrected chi connectivity index (χ1v) is 7.22. The van der Waals surface area contributed by atoms with Crippen molar-refractivity contribution in [3.63, 3.8) is 0 Å². The Hall–Kier alpha value is 0.230. The molecule has 1 aliphatic rings. The van der Waals surface area contributed by atoms with E-state index in [9.17, 15) is 5.11 Å². The minimum absolute atomic E-state index is 0.178. The van der Waals surface area contributed by atoms with E-state index < -0.39 is 14.2 Å². The van der Waals surface area contributed by atoms with Gasteiger partial charge in [-0.15, -0.1) is 0 Å². The van der Waals surface area contributed by atoms with Crippen molar-refractivity contribution in [3.8, 4) is 0 Å². The molecule has 1 N–H and O–H groups in total. The van der Waals surface area contributed by atoms with Crippen LogP contribution in [0.2, 0.25) is 0 Å². The average molecular weight is 266 g/mol. The minimum Gasteiger partial charge on any atom is -0.366 e. The van der Waals surface area contributed by atoms with Crippen LogP contribution in [0, 0.1) is 0 Å². The van der Waals surface area contributed by atoms with Gasteiger partial charge in [-0.25, -0.2) is 0 Å². The van der Waals surface area contributed by atoms with Crippen LogP contribution in [-0.2, 0) is 18.5 Å². The van der Waals surface area contributed by atoms with Crippen molar-refractivity contribution in [3.05, 3.63) is 0 Å². The van der Waals surface area contributed by atoms with Crippen LogP contribution in [0.25, 0.3) is 0 Å². The second-order valence-corrected chi connectivity index (χ2v) is 6.38. The van der Waals surface area contributed by atoms with E-state index in [2.05, 4.69) is 0 Å². The number of ether oxygens (including phenoxy) is 2. The summed E-state index contributed by atoms with van der Waals surface area (Å²) < 4.78 is 21.4. The van der Waals surface area contributed by atoms with E-state index in [1.54, 1.807) is 28.1 Å². The van der Waals surface area contributed by atoms with Crippen molar-refractivity contribution in [1.82, 2.24) is 0 Å². The van der Waals surface area contributed by atoms with Gasteiger partial charge in [-0.2, -0.15) is 0 Å². The first-order valence-electron chi connectivity index (χ1n) is 5.86. The third-order valence-electron chi connectivity index (χ3n) is 2.53. The topological polar surface area (TPSA) is 57.2 Å². The molecule has 0 aromatic rings. The molecule has 1 fully saturated rings. The molecule has 2 atom stereocenters. The SMILES string of the molecule is COP(CCC1CCC(OC(C)(C)O)O1)OC. The summed E-state index contributed by atoms with van der Waals surface area (Å²) in [5.74, 6) is -1.13. The average Bonchev–Trinajstić information content (AvgIpc) is 2.64. The van der Waals surface area contributed by atoms with Crippen molar-refractivity contribution in [1.29, 1.82) is 0 Å². The quantitative estimate of drug-likeness (QED) is 0.565. The predicted molar refractivity (Wildman–Crippen MR) is 65.7 cm³/mol. The van der Waals surface area contributed by atoms with E-state index in [1.165, 1.54) is 0 Å². The molecule has 1 heterocycles. The van der Waals surface area contributed by atoms with Crippen LogP contribution in [0.1, 0.15) is 33.1 Å². The fourth-order valence-electron chi connectivity index (χ4n) is 1.80. The van der Waals surface area contributed by atoms with Gasteiger partial charge in [0.25, 0.3) is 0 Å². The monoisotopic (exact) mass is 266 g/mol. The lowest BCUT2D eigenvalue weighted by atomic mass is 10.2. The summed E-state index contributed by atoms with van der Waals surface area (Å²) in [4.78, 5) is 0. The number of hydrogen-bond donors (Lipinski definition) is 1. The highest BCUT2D eigenvalue weighted by atomic mass is 31.2. The molecule has 0 aromatic heterocycles. The third-order valence-corrected chi connectivity index (χ3v) is 3.97. The molecule has 2 unspecified atom stereocenters. The summed E-state index contributed by atoms with van der Waals surface area (Å²) in [6.07, 6.45) is 3.43. The highest BCUT2D eigenvalue weighted by molar-refractivity contribution is 7.47. The van der Waals surface area contributed by atoms with E-state index in [1.807, 2.05) is 0 Å². The number of aliphatic hydroxyl groups is 1. The largest absolute Gasteiger partial charge is 0.366 e. The van der Waals surface area contributed by atoms with Gasteiger partial charge in [0.1, 0.15) is 0 Å². The summed E-state index contributed by atoms with van der Waals surface area (Å²) in [6, 6.07) is 0. The molecule has 0 saturated carbocycles. The number of rotatable bonds is 7. The van der Waals surface area contributed by atoms with Crippen LogP contribution in [0.4, 0.5) is 0 Å². The molecule has 0 spiro atoms. The molecule has 5 nitrogen and oxygen atoms in total. The molecular formula is C11H23O5P. The molecular weight excluding hydrogens is 243 g/mol. The van der Waals surface area contributed by atoms with Crippen LogP contribution in [0.3, 0.4) is 0 Å². The van der Waals surface area contributed by atoms with E-state index in [-0.39, 0.29) is 12.4 Å². The maximum Gasteiger partial charge on any atom is 0.169 e. The second-order valence-electron chi connectivity index (χ2n) is 4.54. The highest BCUT2D eigenvalue weighted by Crippen LogP contribution is 2.38. The zero-order chi connectivity index (χ0) is 12.9. The van der Waals surface area contributed by atoms with Gasteiger partial charge >= 0.3 is 0 Å². The summed E-state index contributed by atoms with van der Waals surface area (Å²) >= 11 is 0. The number of hydrogen-bond acceptors (Lipinski definition) is 5. The molecule has 0 radical (unpaired) electrons. The summed E-state index contributed by atoms with van der Waals surface area (Å²) in [5, 5.41) is 9.52. The van der Waals surface area contributed by atoms with Crippen molar-refractivity contribution < 1.29 is 23.6 Å². The van der Waals surface area contributed by atoms with Gasteiger partial charge in [-0.1, -0.05) is 0 Å². The van der Waals surface area contributed by atoms with E-state index in [4.69, 9.17) is 18.5 Å². The Morgan fingerprint density at radius 1 is 1.29 bits per heavy atom. The van der Waals surface area contributed by atoms with Crippen LogP contribution in [0.5, 0.6) is 0 Å². The van der Waals surface area contributed by atoms with Gasteiger partial charge in [0.2, 0.25) is 0 Å². The van der Waals surface area contributed by atoms with Crippen LogP contribution in [-0.4, -0.2) is 43.7 Å². The molecule has 0 bridgehead atoms. The van der Waals surface area contributed by atoms with Gasteiger partial charge in [0, 0.05) is 26.8 Å². The maximum atomic E-state index is 9.52. The van der Waals surface area contributed by atoms with E-state index >= 15 is 0 Å². The molecule has 1 saturated heterocycles. The Morgan fingerprint density at radius 2 is 1.94 bits per heavy atom. The minimum atomic E-state index is -1.13. The lowest BCUT2D eigenvalue weighted by molar-refractivity contribution is -0.268. The van der Waals surface area contributed by atoms with Gasteiger partial charge in [0.05, 0.1) is 6.10 Å². The molecule has 102 valence electrons. The van der Waals surface area contributed by atoms with Crippen LogP contribution in [0.15, 0.2) is 0 Å². The van der Waals surface area contributed by atoms with Crippen molar-refractivity contribution in [2.45, 2.75) is 51.3 Å². The molecule has 17 heavy (non-hydrogen) atoms. The smallest absolute Gasteiger partial charge is 0.169 e. The van der Waals surface area contributed by atoms with Gasteiger partial charge in [-0.05, 0) is 26.7 Å². The first kappa shape index (κ1) is 15.3. The first-order chi connectivity index (χ1) is 7.94. The molecule has 1 aliphatic heterocycles. The van der Waals surface area contributed by atoms with Gasteiger partial charge < -0.3 is 23.6 Å². The molecule has 6 heteroatoms. The van der Waals surface area contributed by atoms with Crippen molar-refractivity contribution in [2.75, 3.05) is 20.4 Å². The Balaban J connectivity index is 2.22. The molecule has 0 aromatic carbocycles. The third kappa shape index (κ3) is 6.09. The lowest BCUT2D eigenvalue weighted by Gasteiger charge is -2.23. The van der Waals surface area contributed by atoms with Crippen LogP contribution >= 0.6 is 8.38 Å². The molecule has 0 aliphatic carbocycles. The Morgan fingerprint density at radius 3 is 2.47 bits per heavy atom. The molecule has 1 rings (SSSR count). The normalized spacial score (nSPS) is 25.8. The Labute approximate surface area is 104 Å². The zero-order valence-corrected chi connectivity index (χ0v) is 11.9. The Bertz CT molecular complexity index is 214. The standard InChI is InChI=1S/C11H23O5P/c1-11(2,12)16-10-6-5-9(15-10)7-8-17(13-3)14-4/h9-10,12H,5-8H2,1-4H3. The zero-order valence-electron chi connectivity index (χ0n) is 11.0. The summed E-state index contributed by atoms with van der Waals surface area (Å²) in [6.45, 7) is 3.22. The van der Waals surface area contributed by atoms with Gasteiger partial charge in [0.15, 0.2) is 20.5 Å². The van der Waals surface area contributed by atoms with E-state index in [0.29, 0.717) is 0 Å². The van der Waals surface area contributed by atoms with E-state index in [0.717, 1.165) is 25.4 Å². The summed E-state index contributed by atoms with van der Waals surface area (Å²) in [5.41, 5.74) is 0.